The Kier molecular flexibility index (Phi) is 4.78. The minimum atomic E-state index is -0.715. The number of rotatable bonds is 7. The molecule has 2 aliphatic heterocycles. The van der Waals surface area contributed by atoms with Crippen LogP contribution in [0.2, 0.25) is 0 Å². The fourth-order valence-electron chi connectivity index (χ4n) is 3.27. The molecule has 102 valence electrons. The molecule has 0 aromatic carbocycles. The van der Waals surface area contributed by atoms with Gasteiger partial charge in [-0.25, -0.2) is 0 Å². The fraction of sp³-hybridized carbons (Fsp3) is 0.786. The maximum Gasteiger partial charge on any atom is 0.303 e. The third kappa shape index (κ3) is 3.12. The SMILES string of the molecule is NC[C@@H]1[C@H](CC=CCCCC(=O)O)[C@H]2CC[C@@H]1O2. The van der Waals surface area contributed by atoms with Gasteiger partial charge in [0.2, 0.25) is 0 Å². The Labute approximate surface area is 108 Å². The predicted octanol–water partition coefficient (Wildman–Crippen LogP) is 1.94. The molecule has 0 amide bonds. The predicted molar refractivity (Wildman–Crippen MR) is 69.2 cm³/mol. The van der Waals surface area contributed by atoms with Gasteiger partial charge in [0.25, 0.3) is 0 Å². The van der Waals surface area contributed by atoms with Crippen molar-refractivity contribution in [1.29, 1.82) is 0 Å². The van der Waals surface area contributed by atoms with Crippen molar-refractivity contribution >= 4 is 5.97 Å². The fourth-order valence-corrected chi connectivity index (χ4v) is 3.27. The molecule has 2 rings (SSSR count). The summed E-state index contributed by atoms with van der Waals surface area (Å²) in [4.78, 5) is 10.4. The number of hydrogen-bond donors (Lipinski definition) is 2. The summed E-state index contributed by atoms with van der Waals surface area (Å²) < 4.78 is 5.91. The first-order chi connectivity index (χ1) is 8.72. The largest absolute Gasteiger partial charge is 0.481 e. The summed E-state index contributed by atoms with van der Waals surface area (Å²) >= 11 is 0. The number of ether oxygens (including phenoxy) is 1. The van der Waals surface area contributed by atoms with Gasteiger partial charge in [-0.05, 0) is 44.6 Å². The molecule has 0 aliphatic carbocycles. The van der Waals surface area contributed by atoms with E-state index in [1.807, 2.05) is 0 Å². The van der Waals surface area contributed by atoms with Crippen LogP contribution in [0.5, 0.6) is 0 Å². The zero-order valence-electron chi connectivity index (χ0n) is 10.8. The second kappa shape index (κ2) is 6.34. The first-order valence-corrected chi connectivity index (χ1v) is 6.94. The maximum atomic E-state index is 10.4. The molecule has 2 bridgehead atoms. The van der Waals surface area contributed by atoms with Crippen LogP contribution in [0.15, 0.2) is 12.2 Å². The van der Waals surface area contributed by atoms with E-state index in [-0.39, 0.29) is 6.42 Å². The van der Waals surface area contributed by atoms with Crippen molar-refractivity contribution < 1.29 is 14.6 Å². The smallest absolute Gasteiger partial charge is 0.303 e. The van der Waals surface area contributed by atoms with E-state index in [0.29, 0.717) is 24.0 Å². The van der Waals surface area contributed by atoms with Gasteiger partial charge < -0.3 is 15.6 Å². The number of hydrogen-bond acceptors (Lipinski definition) is 3. The lowest BCUT2D eigenvalue weighted by Gasteiger charge is -2.25. The molecule has 3 N–H and O–H groups in total. The van der Waals surface area contributed by atoms with Crippen LogP contribution in [0.4, 0.5) is 0 Å². The highest BCUT2D eigenvalue weighted by Crippen LogP contribution is 2.44. The highest BCUT2D eigenvalue weighted by atomic mass is 16.5. The third-order valence-corrected chi connectivity index (χ3v) is 4.20. The highest BCUT2D eigenvalue weighted by molar-refractivity contribution is 5.66. The van der Waals surface area contributed by atoms with Crippen molar-refractivity contribution in [2.75, 3.05) is 6.54 Å². The molecule has 18 heavy (non-hydrogen) atoms. The third-order valence-electron chi connectivity index (χ3n) is 4.20. The Hall–Kier alpha value is -0.870. The summed E-state index contributed by atoms with van der Waals surface area (Å²) in [5.41, 5.74) is 5.83. The number of allylic oxidation sites excluding steroid dienone is 2. The molecular formula is C14H23NO3. The van der Waals surface area contributed by atoms with E-state index >= 15 is 0 Å². The molecule has 2 heterocycles. The molecular weight excluding hydrogens is 230 g/mol. The standard InChI is InChI=1S/C14H23NO3/c15-9-11-10(12-7-8-13(11)18-12)5-3-1-2-4-6-14(16)17/h1,3,10-13H,2,4-9,15H2,(H,16,17)/t10-,11+,12+,13-/m0/s1. The maximum absolute atomic E-state index is 10.4. The minimum absolute atomic E-state index is 0.257. The van der Waals surface area contributed by atoms with Crippen molar-refractivity contribution in [3.8, 4) is 0 Å². The van der Waals surface area contributed by atoms with Gasteiger partial charge in [0.15, 0.2) is 0 Å². The molecule has 2 fully saturated rings. The number of carbonyl (C=O) groups is 1. The number of nitrogens with two attached hydrogens (primary N) is 1. The van der Waals surface area contributed by atoms with Gasteiger partial charge in [0.05, 0.1) is 12.2 Å². The van der Waals surface area contributed by atoms with Gasteiger partial charge in [-0.15, -0.1) is 0 Å². The quantitative estimate of drug-likeness (QED) is 0.537. The highest BCUT2D eigenvalue weighted by Gasteiger charge is 2.47. The number of aliphatic carboxylic acids is 1. The molecule has 4 atom stereocenters. The second-order valence-electron chi connectivity index (χ2n) is 5.35. The number of fused-ring (bicyclic) bond motifs is 2. The number of carboxylic acid groups (broad SMARTS) is 1. The van der Waals surface area contributed by atoms with E-state index in [1.54, 1.807) is 0 Å². The first kappa shape index (κ1) is 13.6. The van der Waals surface area contributed by atoms with Crippen molar-refractivity contribution in [1.82, 2.24) is 0 Å². The summed E-state index contributed by atoms with van der Waals surface area (Å²) in [6.07, 6.45) is 10.3. The van der Waals surface area contributed by atoms with E-state index < -0.39 is 5.97 Å². The van der Waals surface area contributed by atoms with Gasteiger partial charge in [0.1, 0.15) is 0 Å². The lowest BCUT2D eigenvalue weighted by molar-refractivity contribution is -0.137. The Morgan fingerprint density at radius 3 is 2.67 bits per heavy atom. The van der Waals surface area contributed by atoms with Crippen LogP contribution in [-0.2, 0) is 9.53 Å². The van der Waals surface area contributed by atoms with Crippen molar-refractivity contribution in [3.05, 3.63) is 12.2 Å². The van der Waals surface area contributed by atoms with E-state index in [0.717, 1.165) is 25.8 Å². The zero-order chi connectivity index (χ0) is 13.0. The van der Waals surface area contributed by atoms with Crippen molar-refractivity contribution in [2.45, 2.75) is 50.7 Å². The summed E-state index contributed by atoms with van der Waals surface area (Å²) in [7, 11) is 0. The van der Waals surface area contributed by atoms with Crippen LogP contribution in [0.3, 0.4) is 0 Å². The molecule has 0 radical (unpaired) electrons. The Morgan fingerprint density at radius 2 is 2.00 bits per heavy atom. The molecule has 0 unspecified atom stereocenters. The zero-order valence-corrected chi connectivity index (χ0v) is 10.8. The molecule has 2 saturated heterocycles. The molecule has 4 nitrogen and oxygen atoms in total. The molecule has 0 saturated carbocycles. The van der Waals surface area contributed by atoms with E-state index in [4.69, 9.17) is 15.6 Å². The summed E-state index contributed by atoms with van der Waals surface area (Å²) in [6.45, 7) is 0.721. The molecule has 4 heteroatoms. The van der Waals surface area contributed by atoms with E-state index in [9.17, 15) is 4.79 Å². The lowest BCUT2D eigenvalue weighted by atomic mass is 9.77. The van der Waals surface area contributed by atoms with Gasteiger partial charge in [-0.1, -0.05) is 12.2 Å². The van der Waals surface area contributed by atoms with E-state index in [2.05, 4.69) is 12.2 Å². The average molecular weight is 253 g/mol. The second-order valence-corrected chi connectivity index (χ2v) is 5.35. The van der Waals surface area contributed by atoms with Gasteiger partial charge in [-0.3, -0.25) is 4.79 Å². The molecule has 0 aromatic heterocycles. The normalized spacial score (nSPS) is 34.5. The summed E-state index contributed by atoms with van der Waals surface area (Å²) in [5.74, 6) is 0.380. The molecule has 2 aliphatic rings. The van der Waals surface area contributed by atoms with Gasteiger partial charge in [0, 0.05) is 12.3 Å². The van der Waals surface area contributed by atoms with Crippen LogP contribution in [0, 0.1) is 11.8 Å². The topological polar surface area (TPSA) is 72.6 Å². The Balaban J connectivity index is 1.69. The summed E-state index contributed by atoms with van der Waals surface area (Å²) in [5, 5.41) is 8.53. The van der Waals surface area contributed by atoms with Crippen molar-refractivity contribution in [2.24, 2.45) is 17.6 Å². The van der Waals surface area contributed by atoms with Crippen LogP contribution >= 0.6 is 0 Å². The Morgan fingerprint density at radius 1 is 1.28 bits per heavy atom. The first-order valence-electron chi connectivity index (χ1n) is 6.94. The molecule has 0 spiro atoms. The summed E-state index contributed by atoms with van der Waals surface area (Å²) in [6, 6.07) is 0. The average Bonchev–Trinajstić information content (AvgIpc) is 2.93. The van der Waals surface area contributed by atoms with E-state index in [1.165, 1.54) is 12.8 Å². The monoisotopic (exact) mass is 253 g/mol. The van der Waals surface area contributed by atoms with Crippen LogP contribution < -0.4 is 5.73 Å². The van der Waals surface area contributed by atoms with Crippen LogP contribution in [0.1, 0.15) is 38.5 Å². The van der Waals surface area contributed by atoms with Crippen molar-refractivity contribution in [3.63, 3.8) is 0 Å². The minimum Gasteiger partial charge on any atom is -0.481 e. The Bertz CT molecular complexity index is 316. The van der Waals surface area contributed by atoms with Crippen LogP contribution in [0.25, 0.3) is 0 Å². The van der Waals surface area contributed by atoms with Crippen LogP contribution in [-0.4, -0.2) is 29.8 Å². The van der Waals surface area contributed by atoms with Gasteiger partial charge in [-0.2, -0.15) is 0 Å². The lowest BCUT2D eigenvalue weighted by Crippen LogP contribution is -2.32. The number of carboxylic acids is 1. The van der Waals surface area contributed by atoms with Gasteiger partial charge >= 0.3 is 5.97 Å². The number of unbranched alkanes of at least 4 members (excludes halogenated alkanes) is 1. The molecule has 0 aromatic rings.